The van der Waals surface area contributed by atoms with Crippen LogP contribution in [-0.2, 0) is 9.59 Å². The summed E-state index contributed by atoms with van der Waals surface area (Å²) in [5, 5.41) is 5.93. The third-order valence-electron chi connectivity index (χ3n) is 5.55. The van der Waals surface area contributed by atoms with Gasteiger partial charge < -0.3 is 10.6 Å². The fourth-order valence-corrected chi connectivity index (χ4v) is 3.72. The molecule has 3 aromatic carbocycles. The zero-order valence-corrected chi connectivity index (χ0v) is 19.2. The second-order valence-corrected chi connectivity index (χ2v) is 8.36. The first-order valence-corrected chi connectivity index (χ1v) is 11.8. The number of carbonyl (C=O) groups excluding carboxylic acids is 2. The van der Waals surface area contributed by atoms with Crippen LogP contribution in [-0.4, -0.2) is 11.8 Å². The fraction of sp³-hybridized carbons (Fsp3) is 0.276. The van der Waals surface area contributed by atoms with Gasteiger partial charge in [-0.3, -0.25) is 9.59 Å². The van der Waals surface area contributed by atoms with E-state index in [0.717, 1.165) is 66.6 Å². The zero-order valence-electron chi connectivity index (χ0n) is 19.2. The van der Waals surface area contributed by atoms with Crippen LogP contribution < -0.4 is 10.6 Å². The Morgan fingerprint density at radius 1 is 0.576 bits per heavy atom. The van der Waals surface area contributed by atoms with Gasteiger partial charge >= 0.3 is 0 Å². The van der Waals surface area contributed by atoms with Gasteiger partial charge in [-0.05, 0) is 60.7 Å². The average molecular weight is 442 g/mol. The van der Waals surface area contributed by atoms with Gasteiger partial charge in [0, 0.05) is 24.2 Å². The van der Waals surface area contributed by atoms with E-state index in [-0.39, 0.29) is 11.8 Å². The van der Waals surface area contributed by atoms with E-state index in [1.54, 1.807) is 0 Å². The van der Waals surface area contributed by atoms with Crippen LogP contribution in [0, 0.1) is 6.92 Å². The van der Waals surface area contributed by atoms with Crippen molar-refractivity contribution in [2.75, 3.05) is 10.6 Å². The van der Waals surface area contributed by atoms with Crippen LogP contribution in [0.4, 0.5) is 11.4 Å². The minimum atomic E-state index is 0.0554. The molecule has 2 N–H and O–H groups in total. The Bertz CT molecular complexity index is 1010. The average Bonchev–Trinajstić information content (AvgIpc) is 2.83. The Kier molecular flexibility index (Phi) is 9.71. The Balaban J connectivity index is 1.24. The molecule has 4 heteroatoms. The van der Waals surface area contributed by atoms with E-state index in [1.165, 1.54) is 0 Å². The van der Waals surface area contributed by atoms with E-state index in [2.05, 4.69) is 35.8 Å². The lowest BCUT2D eigenvalue weighted by atomic mass is 10.1. The predicted octanol–water partition coefficient (Wildman–Crippen LogP) is 7.23. The maximum atomic E-state index is 12.3. The number of nitrogens with one attached hydrogen (secondary N) is 2. The highest BCUT2D eigenvalue weighted by atomic mass is 16.2. The van der Waals surface area contributed by atoms with E-state index < -0.39 is 0 Å². The molecule has 3 aromatic rings. The summed E-state index contributed by atoms with van der Waals surface area (Å²) >= 11 is 0. The lowest BCUT2D eigenvalue weighted by Crippen LogP contribution is -2.11. The highest BCUT2D eigenvalue weighted by Gasteiger charge is 2.05. The third-order valence-corrected chi connectivity index (χ3v) is 5.55. The van der Waals surface area contributed by atoms with E-state index in [4.69, 9.17) is 0 Å². The van der Waals surface area contributed by atoms with Crippen molar-refractivity contribution >= 4 is 23.2 Å². The normalized spacial score (nSPS) is 10.6. The summed E-state index contributed by atoms with van der Waals surface area (Å²) in [5.74, 6) is 0.114. The standard InChI is InChI=1S/C29H33N2O2/c1-23-18-20-26(21-19-23)30-28(32)16-9-4-2-3-5-10-17-29(33)31-27-15-11-14-25(22-27)24-12-7-6-8-13-24/h6-8,11-15,18-22H,1-5,9-10,16-17H2,(H,30,32)(H,31,33). The fourth-order valence-electron chi connectivity index (χ4n) is 3.72. The molecule has 33 heavy (non-hydrogen) atoms. The topological polar surface area (TPSA) is 58.2 Å². The van der Waals surface area contributed by atoms with Crippen molar-refractivity contribution in [3.05, 3.63) is 91.3 Å². The largest absolute Gasteiger partial charge is 0.326 e. The number of benzene rings is 3. The van der Waals surface area contributed by atoms with Crippen LogP contribution >= 0.6 is 0 Å². The van der Waals surface area contributed by atoms with Crippen molar-refractivity contribution in [3.8, 4) is 11.1 Å². The Morgan fingerprint density at radius 2 is 1.12 bits per heavy atom. The van der Waals surface area contributed by atoms with Crippen LogP contribution in [0.25, 0.3) is 11.1 Å². The Hall–Kier alpha value is -3.40. The van der Waals surface area contributed by atoms with E-state index in [0.29, 0.717) is 12.8 Å². The maximum absolute atomic E-state index is 12.3. The van der Waals surface area contributed by atoms with Crippen LogP contribution in [0.15, 0.2) is 78.9 Å². The number of rotatable bonds is 12. The summed E-state index contributed by atoms with van der Waals surface area (Å²) in [5.41, 5.74) is 4.82. The number of hydrogen-bond donors (Lipinski definition) is 2. The molecule has 0 aliphatic heterocycles. The molecule has 1 radical (unpaired) electrons. The Morgan fingerprint density at radius 3 is 1.76 bits per heavy atom. The van der Waals surface area contributed by atoms with Gasteiger partial charge in [-0.2, -0.15) is 0 Å². The smallest absolute Gasteiger partial charge is 0.224 e. The minimum Gasteiger partial charge on any atom is -0.326 e. The van der Waals surface area contributed by atoms with E-state index in [9.17, 15) is 9.59 Å². The second-order valence-electron chi connectivity index (χ2n) is 8.36. The summed E-state index contributed by atoms with van der Waals surface area (Å²) < 4.78 is 0. The molecule has 0 spiro atoms. The van der Waals surface area contributed by atoms with Crippen molar-refractivity contribution in [2.45, 2.75) is 51.4 Å². The number of carbonyl (C=O) groups is 2. The predicted molar refractivity (Wildman–Crippen MR) is 137 cm³/mol. The zero-order chi connectivity index (χ0) is 23.3. The Labute approximate surface area is 197 Å². The molecule has 0 saturated carbocycles. The first-order valence-electron chi connectivity index (χ1n) is 11.8. The molecule has 0 aliphatic carbocycles. The highest BCUT2D eigenvalue weighted by Crippen LogP contribution is 2.22. The van der Waals surface area contributed by atoms with Crippen molar-refractivity contribution < 1.29 is 9.59 Å². The van der Waals surface area contributed by atoms with Crippen LogP contribution in [0.3, 0.4) is 0 Å². The number of anilines is 2. The van der Waals surface area contributed by atoms with Gasteiger partial charge in [0.15, 0.2) is 0 Å². The first-order chi connectivity index (χ1) is 16.1. The molecule has 0 aliphatic rings. The summed E-state index contributed by atoms with van der Waals surface area (Å²) in [6.45, 7) is 3.84. The maximum Gasteiger partial charge on any atom is 0.224 e. The third kappa shape index (κ3) is 8.93. The summed E-state index contributed by atoms with van der Waals surface area (Å²) in [4.78, 5) is 24.3. The quantitative estimate of drug-likeness (QED) is 0.291. The van der Waals surface area contributed by atoms with Crippen molar-refractivity contribution in [1.82, 2.24) is 0 Å². The first kappa shape index (κ1) is 24.2. The van der Waals surface area contributed by atoms with E-state index in [1.807, 2.05) is 60.7 Å². The van der Waals surface area contributed by atoms with Gasteiger partial charge in [0.1, 0.15) is 0 Å². The summed E-state index contributed by atoms with van der Waals surface area (Å²) in [7, 11) is 0. The monoisotopic (exact) mass is 441 g/mol. The summed E-state index contributed by atoms with van der Waals surface area (Å²) in [6, 6.07) is 25.6. The highest BCUT2D eigenvalue weighted by molar-refractivity contribution is 5.91. The van der Waals surface area contributed by atoms with Crippen LogP contribution in [0.1, 0.15) is 56.9 Å². The molecule has 171 valence electrons. The molecule has 0 atom stereocenters. The van der Waals surface area contributed by atoms with Crippen LogP contribution in [0.2, 0.25) is 0 Å². The van der Waals surface area contributed by atoms with Crippen molar-refractivity contribution in [2.24, 2.45) is 0 Å². The molecule has 0 heterocycles. The molecule has 0 unspecified atom stereocenters. The molecule has 3 rings (SSSR count). The van der Waals surface area contributed by atoms with Gasteiger partial charge in [-0.1, -0.05) is 80.3 Å². The second kappa shape index (κ2) is 13.2. The van der Waals surface area contributed by atoms with Crippen molar-refractivity contribution in [1.29, 1.82) is 0 Å². The number of hydrogen-bond acceptors (Lipinski definition) is 2. The summed E-state index contributed by atoms with van der Waals surface area (Å²) in [6.07, 6.45) is 7.07. The molecule has 4 nitrogen and oxygen atoms in total. The molecule has 0 fully saturated rings. The van der Waals surface area contributed by atoms with Gasteiger partial charge in [0.25, 0.3) is 0 Å². The number of unbranched alkanes of at least 4 members (excludes halogenated alkanes) is 5. The van der Waals surface area contributed by atoms with Gasteiger partial charge in [0.2, 0.25) is 11.8 Å². The minimum absolute atomic E-state index is 0.0554. The van der Waals surface area contributed by atoms with Crippen LogP contribution in [0.5, 0.6) is 0 Å². The lowest BCUT2D eigenvalue weighted by Gasteiger charge is -2.08. The van der Waals surface area contributed by atoms with Gasteiger partial charge in [0.05, 0.1) is 0 Å². The molecular formula is C29H33N2O2. The van der Waals surface area contributed by atoms with E-state index >= 15 is 0 Å². The molecule has 0 aromatic heterocycles. The van der Waals surface area contributed by atoms with Crippen molar-refractivity contribution in [3.63, 3.8) is 0 Å². The number of amides is 2. The molecule has 0 bridgehead atoms. The van der Waals surface area contributed by atoms with Gasteiger partial charge in [-0.15, -0.1) is 0 Å². The SMILES string of the molecule is [CH2]c1ccc(NC(=O)CCCCCCCCC(=O)Nc2cccc(-c3ccccc3)c2)cc1. The lowest BCUT2D eigenvalue weighted by molar-refractivity contribution is -0.117. The van der Waals surface area contributed by atoms with Gasteiger partial charge in [-0.25, -0.2) is 0 Å². The molecule has 2 amide bonds. The molecular weight excluding hydrogens is 408 g/mol. The molecule has 0 saturated heterocycles.